The van der Waals surface area contributed by atoms with E-state index in [9.17, 15) is 0 Å². The maximum Gasteiger partial charge on any atom is 0.0352 e. The lowest BCUT2D eigenvalue weighted by atomic mass is 9.90. The van der Waals surface area contributed by atoms with Gasteiger partial charge in [0.15, 0.2) is 0 Å². The molecule has 94 valence electrons. The van der Waals surface area contributed by atoms with E-state index in [1.807, 2.05) is 0 Å². The second-order valence-corrected chi connectivity index (χ2v) is 6.33. The largest absolute Gasteiger partial charge is 0.382 e. The third kappa shape index (κ3) is 3.85. The average Bonchev–Trinajstić information content (AvgIpc) is 2.29. The summed E-state index contributed by atoms with van der Waals surface area (Å²) in [6, 6.07) is 9.19. The fourth-order valence-corrected chi connectivity index (χ4v) is 3.03. The molecule has 1 aliphatic rings. The van der Waals surface area contributed by atoms with E-state index < -0.39 is 0 Å². The molecular weight excluding hydrogens is 323 g/mol. The summed E-state index contributed by atoms with van der Waals surface area (Å²) in [6.07, 6.45) is 2.63. The molecule has 0 radical (unpaired) electrons. The van der Waals surface area contributed by atoms with Crippen LogP contribution in [-0.4, -0.2) is 31.1 Å². The van der Waals surface area contributed by atoms with Crippen molar-refractivity contribution in [1.82, 2.24) is 4.90 Å². The van der Waals surface area contributed by atoms with Crippen LogP contribution in [0.4, 0.5) is 5.69 Å². The van der Waals surface area contributed by atoms with Gasteiger partial charge in [0.1, 0.15) is 0 Å². The highest BCUT2D eigenvalue weighted by atomic mass is 127. The first-order chi connectivity index (χ1) is 8.15. The third-order valence-electron chi connectivity index (χ3n) is 3.69. The molecule has 0 aliphatic carbocycles. The van der Waals surface area contributed by atoms with E-state index in [0.29, 0.717) is 6.04 Å². The van der Waals surface area contributed by atoms with Gasteiger partial charge in [0.05, 0.1) is 0 Å². The molecule has 1 aromatic carbocycles. The van der Waals surface area contributed by atoms with E-state index in [1.165, 1.54) is 35.2 Å². The minimum Gasteiger partial charge on any atom is -0.382 e. The van der Waals surface area contributed by atoms with Crippen LogP contribution < -0.4 is 5.32 Å². The second-order valence-electron chi connectivity index (χ2n) is 5.08. The van der Waals surface area contributed by atoms with Crippen molar-refractivity contribution in [3.8, 4) is 0 Å². The Bertz CT molecular complexity index is 359. The van der Waals surface area contributed by atoms with E-state index >= 15 is 0 Å². The zero-order valence-corrected chi connectivity index (χ0v) is 12.8. The first-order valence-corrected chi connectivity index (χ1v) is 7.43. The highest BCUT2D eigenvalue weighted by Crippen LogP contribution is 2.23. The van der Waals surface area contributed by atoms with Crippen molar-refractivity contribution < 1.29 is 0 Å². The van der Waals surface area contributed by atoms with Gasteiger partial charge in [-0.3, -0.25) is 0 Å². The monoisotopic (exact) mass is 344 g/mol. The Kier molecular flexibility index (Phi) is 4.68. The van der Waals surface area contributed by atoms with Crippen molar-refractivity contribution >= 4 is 28.3 Å². The summed E-state index contributed by atoms with van der Waals surface area (Å²) in [5.74, 6) is 0.809. The Morgan fingerprint density at radius 2 is 2.06 bits per heavy atom. The van der Waals surface area contributed by atoms with Crippen molar-refractivity contribution in [3.63, 3.8) is 0 Å². The fraction of sp³-hybridized carbons (Fsp3) is 0.571. The Balaban J connectivity index is 1.90. The van der Waals surface area contributed by atoms with Gasteiger partial charge in [-0.15, -0.1) is 0 Å². The Hall–Kier alpha value is -0.290. The normalized spacial score (nSPS) is 20.2. The number of anilines is 1. The molecule has 1 aromatic rings. The molecule has 2 nitrogen and oxygen atoms in total. The van der Waals surface area contributed by atoms with Crippen molar-refractivity contribution in [2.45, 2.75) is 25.8 Å². The average molecular weight is 344 g/mol. The van der Waals surface area contributed by atoms with Crippen molar-refractivity contribution in [3.05, 3.63) is 27.8 Å². The summed E-state index contributed by atoms with van der Waals surface area (Å²) < 4.78 is 1.29. The standard InChI is InChI=1S/C14H21IN2/c1-11(12-6-8-17(2)9-7-12)16-14-5-3-4-13(15)10-14/h3-5,10-12,16H,6-9H2,1-2H3. The summed E-state index contributed by atoms with van der Waals surface area (Å²) in [5, 5.41) is 3.64. The molecule has 0 spiro atoms. The van der Waals surface area contributed by atoms with Gasteiger partial charge in [-0.2, -0.15) is 0 Å². The molecule has 1 unspecified atom stereocenters. The molecule has 17 heavy (non-hydrogen) atoms. The van der Waals surface area contributed by atoms with Crippen LogP contribution >= 0.6 is 22.6 Å². The molecule has 0 saturated carbocycles. The number of nitrogens with zero attached hydrogens (tertiary/aromatic N) is 1. The number of rotatable bonds is 3. The number of nitrogens with one attached hydrogen (secondary N) is 1. The SMILES string of the molecule is CC(Nc1cccc(I)c1)C1CCN(C)CC1. The highest BCUT2D eigenvalue weighted by Gasteiger charge is 2.21. The molecule has 3 heteroatoms. The Labute approximate surface area is 118 Å². The third-order valence-corrected chi connectivity index (χ3v) is 4.36. The van der Waals surface area contributed by atoms with Gasteiger partial charge in [0.25, 0.3) is 0 Å². The molecule has 0 amide bonds. The van der Waals surface area contributed by atoms with Crippen LogP contribution in [0, 0.1) is 9.49 Å². The smallest absolute Gasteiger partial charge is 0.0352 e. The first-order valence-electron chi connectivity index (χ1n) is 6.36. The predicted molar refractivity (Wildman–Crippen MR) is 82.5 cm³/mol. The lowest BCUT2D eigenvalue weighted by Gasteiger charge is -2.33. The molecule has 1 heterocycles. The summed E-state index contributed by atoms with van der Waals surface area (Å²) in [6.45, 7) is 4.79. The van der Waals surface area contributed by atoms with E-state index in [2.05, 4.69) is 71.0 Å². The number of hydrogen-bond donors (Lipinski definition) is 1. The molecule has 1 aliphatic heterocycles. The topological polar surface area (TPSA) is 15.3 Å². The maximum atomic E-state index is 3.64. The predicted octanol–water partition coefficient (Wildman–Crippen LogP) is 3.43. The molecule has 1 saturated heterocycles. The summed E-state index contributed by atoms with van der Waals surface area (Å²) >= 11 is 2.36. The molecular formula is C14H21IN2. The van der Waals surface area contributed by atoms with Crippen molar-refractivity contribution in [2.75, 3.05) is 25.5 Å². The van der Waals surface area contributed by atoms with Crippen LogP contribution in [0.3, 0.4) is 0 Å². The zero-order chi connectivity index (χ0) is 12.3. The van der Waals surface area contributed by atoms with Gasteiger partial charge < -0.3 is 10.2 Å². The zero-order valence-electron chi connectivity index (χ0n) is 10.6. The van der Waals surface area contributed by atoms with Crippen molar-refractivity contribution in [1.29, 1.82) is 0 Å². The molecule has 1 fully saturated rings. The molecule has 2 rings (SSSR count). The molecule has 0 aromatic heterocycles. The lowest BCUT2D eigenvalue weighted by Crippen LogP contribution is -2.37. The molecule has 1 N–H and O–H groups in total. The number of hydrogen-bond acceptors (Lipinski definition) is 2. The second kappa shape index (κ2) is 6.05. The maximum absolute atomic E-state index is 3.64. The minimum atomic E-state index is 0.571. The van der Waals surface area contributed by atoms with Crippen LogP contribution in [-0.2, 0) is 0 Å². The van der Waals surface area contributed by atoms with Gasteiger partial charge >= 0.3 is 0 Å². The minimum absolute atomic E-state index is 0.571. The number of likely N-dealkylation sites (tertiary alicyclic amines) is 1. The van der Waals surface area contributed by atoms with E-state index in [1.54, 1.807) is 0 Å². The van der Waals surface area contributed by atoms with Crippen LogP contribution in [0.1, 0.15) is 19.8 Å². The summed E-state index contributed by atoms with van der Waals surface area (Å²) in [4.78, 5) is 2.43. The fourth-order valence-electron chi connectivity index (χ4n) is 2.49. The quantitative estimate of drug-likeness (QED) is 0.846. The van der Waals surface area contributed by atoms with Gasteiger partial charge in [-0.1, -0.05) is 6.07 Å². The summed E-state index contributed by atoms with van der Waals surface area (Å²) in [7, 11) is 2.22. The van der Waals surface area contributed by atoms with Gasteiger partial charge in [0, 0.05) is 15.3 Å². The number of piperidine rings is 1. The van der Waals surface area contributed by atoms with Crippen LogP contribution in [0.15, 0.2) is 24.3 Å². The first kappa shape index (κ1) is 13.1. The number of halogens is 1. The molecule has 1 atom stereocenters. The van der Waals surface area contributed by atoms with E-state index in [4.69, 9.17) is 0 Å². The van der Waals surface area contributed by atoms with Gasteiger partial charge in [-0.05, 0) is 86.6 Å². The van der Waals surface area contributed by atoms with Crippen LogP contribution in [0.25, 0.3) is 0 Å². The van der Waals surface area contributed by atoms with Crippen LogP contribution in [0.2, 0.25) is 0 Å². The molecule has 0 bridgehead atoms. The van der Waals surface area contributed by atoms with Crippen molar-refractivity contribution in [2.24, 2.45) is 5.92 Å². The van der Waals surface area contributed by atoms with E-state index in [-0.39, 0.29) is 0 Å². The van der Waals surface area contributed by atoms with Gasteiger partial charge in [0.2, 0.25) is 0 Å². The van der Waals surface area contributed by atoms with E-state index in [0.717, 1.165) is 5.92 Å². The lowest BCUT2D eigenvalue weighted by molar-refractivity contribution is 0.208. The van der Waals surface area contributed by atoms with Crippen LogP contribution in [0.5, 0.6) is 0 Å². The Morgan fingerprint density at radius 3 is 2.71 bits per heavy atom. The summed E-state index contributed by atoms with van der Waals surface area (Å²) in [5.41, 5.74) is 1.25. The highest BCUT2D eigenvalue weighted by molar-refractivity contribution is 14.1. The Morgan fingerprint density at radius 1 is 1.35 bits per heavy atom. The van der Waals surface area contributed by atoms with Gasteiger partial charge in [-0.25, -0.2) is 0 Å². The number of benzene rings is 1.